The van der Waals surface area contributed by atoms with Crippen LogP contribution in [0.5, 0.6) is 0 Å². The van der Waals surface area contributed by atoms with Crippen LogP contribution in [-0.2, 0) is 6.42 Å². The lowest BCUT2D eigenvalue weighted by Gasteiger charge is -2.24. The van der Waals surface area contributed by atoms with Gasteiger partial charge in [-0.25, -0.2) is 0 Å². The Morgan fingerprint density at radius 2 is 1.89 bits per heavy atom. The molecule has 3 unspecified atom stereocenters. The predicted molar refractivity (Wildman–Crippen MR) is 81.5 cm³/mol. The topological polar surface area (TPSA) is 29.3 Å². The van der Waals surface area contributed by atoms with Crippen LogP contribution in [0.2, 0.25) is 0 Å². The van der Waals surface area contributed by atoms with Gasteiger partial charge in [-0.3, -0.25) is 0 Å². The summed E-state index contributed by atoms with van der Waals surface area (Å²) in [6.07, 6.45) is 6.40. The van der Waals surface area contributed by atoms with Crippen molar-refractivity contribution in [3.05, 3.63) is 29.8 Å². The molecule has 0 bridgehead atoms. The van der Waals surface area contributed by atoms with Crippen LogP contribution in [0.3, 0.4) is 0 Å². The highest BCUT2D eigenvalue weighted by molar-refractivity contribution is 5.55. The van der Waals surface area contributed by atoms with E-state index in [2.05, 4.69) is 36.1 Å². The van der Waals surface area contributed by atoms with Crippen molar-refractivity contribution in [2.24, 2.45) is 17.6 Å². The van der Waals surface area contributed by atoms with Gasteiger partial charge in [-0.05, 0) is 49.1 Å². The summed E-state index contributed by atoms with van der Waals surface area (Å²) >= 11 is 0. The molecule has 3 rings (SSSR count). The van der Waals surface area contributed by atoms with Gasteiger partial charge in [0.1, 0.15) is 0 Å². The largest absolute Gasteiger partial charge is 0.371 e. The lowest BCUT2D eigenvalue weighted by atomic mass is 10.0. The van der Waals surface area contributed by atoms with Crippen LogP contribution in [0.1, 0.15) is 38.2 Å². The van der Waals surface area contributed by atoms with Crippen LogP contribution in [-0.4, -0.2) is 19.1 Å². The number of para-hydroxylation sites is 1. The van der Waals surface area contributed by atoms with Crippen LogP contribution in [0.25, 0.3) is 0 Å². The summed E-state index contributed by atoms with van der Waals surface area (Å²) in [6, 6.07) is 9.17. The average Bonchev–Trinajstić information content (AvgIpc) is 3.00. The monoisotopic (exact) mass is 258 g/mol. The molecule has 2 fully saturated rings. The van der Waals surface area contributed by atoms with E-state index in [0.717, 1.165) is 24.7 Å². The number of rotatable bonds is 4. The van der Waals surface area contributed by atoms with Gasteiger partial charge >= 0.3 is 0 Å². The Morgan fingerprint density at radius 3 is 2.58 bits per heavy atom. The van der Waals surface area contributed by atoms with Gasteiger partial charge in [-0.2, -0.15) is 0 Å². The Labute approximate surface area is 117 Å². The highest BCUT2D eigenvalue weighted by Gasteiger charge is 2.36. The molecule has 1 aromatic rings. The first-order chi connectivity index (χ1) is 9.28. The minimum atomic E-state index is 0.295. The summed E-state index contributed by atoms with van der Waals surface area (Å²) in [5.41, 5.74) is 9.03. The van der Waals surface area contributed by atoms with Crippen LogP contribution in [0, 0.1) is 11.8 Å². The van der Waals surface area contributed by atoms with Crippen molar-refractivity contribution in [3.8, 4) is 0 Å². The highest BCUT2D eigenvalue weighted by Crippen LogP contribution is 2.40. The van der Waals surface area contributed by atoms with Gasteiger partial charge in [-0.15, -0.1) is 0 Å². The maximum atomic E-state index is 6.15. The van der Waals surface area contributed by atoms with E-state index < -0.39 is 0 Å². The summed E-state index contributed by atoms with van der Waals surface area (Å²) in [7, 11) is 0. The van der Waals surface area contributed by atoms with Gasteiger partial charge < -0.3 is 10.6 Å². The predicted octanol–water partition coefficient (Wildman–Crippen LogP) is 3.20. The Bertz CT molecular complexity index is 417. The molecule has 1 saturated carbocycles. The molecule has 104 valence electrons. The van der Waals surface area contributed by atoms with E-state index in [1.165, 1.54) is 43.6 Å². The first-order valence-electron chi connectivity index (χ1n) is 7.86. The second-order valence-corrected chi connectivity index (χ2v) is 6.36. The number of nitrogens with zero attached hydrogens (tertiary/aromatic N) is 1. The van der Waals surface area contributed by atoms with E-state index in [0.29, 0.717) is 6.04 Å². The van der Waals surface area contributed by atoms with Crippen molar-refractivity contribution in [2.75, 3.05) is 18.0 Å². The number of hydrogen-bond donors (Lipinski definition) is 1. The molecule has 0 spiro atoms. The Balaban J connectivity index is 1.77. The average molecular weight is 258 g/mol. The van der Waals surface area contributed by atoms with Gasteiger partial charge in [0.05, 0.1) is 0 Å². The second-order valence-electron chi connectivity index (χ2n) is 6.36. The fourth-order valence-corrected chi connectivity index (χ4v) is 3.85. The fraction of sp³-hybridized carbons (Fsp3) is 0.647. The van der Waals surface area contributed by atoms with Crippen molar-refractivity contribution in [2.45, 2.75) is 45.1 Å². The summed E-state index contributed by atoms with van der Waals surface area (Å²) in [5, 5.41) is 0. The minimum Gasteiger partial charge on any atom is -0.371 e. The minimum absolute atomic E-state index is 0.295. The standard InChI is InChI=1S/C17H26N2/c1-2-16(18)10-13-6-3-4-9-17(13)19-11-14-7-5-8-15(14)12-19/h3-4,6,9,14-16H,2,5,7-8,10-12,18H2,1H3. The number of fused-ring (bicyclic) bond motifs is 1. The Kier molecular flexibility index (Phi) is 3.79. The SMILES string of the molecule is CCC(N)Cc1ccccc1N1CC2CCCC2C1. The Hall–Kier alpha value is -1.02. The summed E-state index contributed by atoms with van der Waals surface area (Å²) < 4.78 is 0. The van der Waals surface area contributed by atoms with Crippen LogP contribution >= 0.6 is 0 Å². The third-order valence-electron chi connectivity index (χ3n) is 5.07. The molecule has 3 atom stereocenters. The van der Waals surface area contributed by atoms with Crippen LogP contribution in [0.15, 0.2) is 24.3 Å². The summed E-state index contributed by atoms with van der Waals surface area (Å²) in [6.45, 7) is 4.71. The zero-order valence-corrected chi connectivity index (χ0v) is 12.0. The van der Waals surface area contributed by atoms with Gasteiger partial charge in [0, 0.05) is 24.8 Å². The second kappa shape index (κ2) is 5.54. The van der Waals surface area contributed by atoms with E-state index in [4.69, 9.17) is 5.73 Å². The molecule has 0 aromatic heterocycles. The molecule has 1 aliphatic carbocycles. The van der Waals surface area contributed by atoms with Crippen LogP contribution < -0.4 is 10.6 Å². The van der Waals surface area contributed by atoms with E-state index in [1.54, 1.807) is 0 Å². The maximum Gasteiger partial charge on any atom is 0.0399 e. The molecular formula is C17H26N2. The normalized spacial score (nSPS) is 27.6. The molecule has 0 radical (unpaired) electrons. The smallest absolute Gasteiger partial charge is 0.0399 e. The van der Waals surface area contributed by atoms with Crippen LogP contribution in [0.4, 0.5) is 5.69 Å². The molecule has 0 amide bonds. The number of nitrogens with two attached hydrogens (primary N) is 1. The molecule has 1 aliphatic heterocycles. The molecule has 1 heterocycles. The highest BCUT2D eigenvalue weighted by atomic mass is 15.2. The zero-order chi connectivity index (χ0) is 13.2. The van der Waals surface area contributed by atoms with Gasteiger partial charge in [0.2, 0.25) is 0 Å². The van der Waals surface area contributed by atoms with E-state index in [9.17, 15) is 0 Å². The van der Waals surface area contributed by atoms with Crippen molar-refractivity contribution in [3.63, 3.8) is 0 Å². The number of anilines is 1. The maximum absolute atomic E-state index is 6.15. The van der Waals surface area contributed by atoms with Gasteiger partial charge in [0.15, 0.2) is 0 Å². The quantitative estimate of drug-likeness (QED) is 0.898. The third kappa shape index (κ3) is 2.64. The lowest BCUT2D eigenvalue weighted by Crippen LogP contribution is -2.26. The Morgan fingerprint density at radius 1 is 1.21 bits per heavy atom. The summed E-state index contributed by atoms with van der Waals surface area (Å²) in [4.78, 5) is 2.62. The first-order valence-corrected chi connectivity index (χ1v) is 7.86. The van der Waals surface area contributed by atoms with Gasteiger partial charge in [0.25, 0.3) is 0 Å². The zero-order valence-electron chi connectivity index (χ0n) is 12.0. The molecule has 1 saturated heterocycles. The third-order valence-corrected chi connectivity index (χ3v) is 5.07. The fourth-order valence-electron chi connectivity index (χ4n) is 3.85. The van der Waals surface area contributed by atoms with E-state index in [-0.39, 0.29) is 0 Å². The van der Waals surface area contributed by atoms with Crippen molar-refractivity contribution < 1.29 is 0 Å². The van der Waals surface area contributed by atoms with Gasteiger partial charge in [-0.1, -0.05) is 31.5 Å². The van der Waals surface area contributed by atoms with E-state index in [1.807, 2.05) is 0 Å². The number of hydrogen-bond acceptors (Lipinski definition) is 2. The van der Waals surface area contributed by atoms with Crippen molar-refractivity contribution >= 4 is 5.69 Å². The van der Waals surface area contributed by atoms with E-state index >= 15 is 0 Å². The molecule has 2 nitrogen and oxygen atoms in total. The molecule has 2 N–H and O–H groups in total. The molecule has 19 heavy (non-hydrogen) atoms. The lowest BCUT2D eigenvalue weighted by molar-refractivity contribution is 0.494. The molecule has 2 aliphatic rings. The van der Waals surface area contributed by atoms with Crippen molar-refractivity contribution in [1.82, 2.24) is 0 Å². The molecular weight excluding hydrogens is 232 g/mol. The number of benzene rings is 1. The molecule has 1 aromatic carbocycles. The molecule has 2 heteroatoms. The summed E-state index contributed by atoms with van der Waals surface area (Å²) in [5.74, 6) is 1.90. The first kappa shape index (κ1) is 13.0. The van der Waals surface area contributed by atoms with Crippen molar-refractivity contribution in [1.29, 1.82) is 0 Å².